The Hall–Kier alpha value is -1.68. The van der Waals surface area contributed by atoms with Gasteiger partial charge in [0.25, 0.3) is 0 Å². The molecule has 0 radical (unpaired) electrons. The monoisotopic (exact) mass is 324 g/mol. The zero-order valence-corrected chi connectivity index (χ0v) is 14.5. The van der Waals surface area contributed by atoms with E-state index >= 15 is 0 Å². The van der Waals surface area contributed by atoms with Gasteiger partial charge in [0.05, 0.1) is 6.10 Å². The van der Waals surface area contributed by atoms with Crippen LogP contribution in [0.5, 0.6) is 0 Å². The fourth-order valence-electron chi connectivity index (χ4n) is 3.34. The van der Waals surface area contributed by atoms with E-state index in [4.69, 9.17) is 0 Å². The molecule has 24 heavy (non-hydrogen) atoms. The van der Waals surface area contributed by atoms with Gasteiger partial charge in [-0.1, -0.05) is 48.5 Å². The van der Waals surface area contributed by atoms with E-state index in [-0.39, 0.29) is 6.10 Å². The largest absolute Gasteiger partial charge is 0.393 e. The Morgan fingerprint density at radius 3 is 2.21 bits per heavy atom. The molecular weight excluding hydrogens is 296 g/mol. The standard InChI is InChI=1S/C21H28N2O/c1-17-6-2-3-7-18(17)14-22-15-19-8-4-5-9-20(19)16-23-12-10-21(24)11-13-23/h2-9,21-22,24H,10-16H2,1H3. The summed E-state index contributed by atoms with van der Waals surface area (Å²) >= 11 is 0. The molecule has 3 nitrogen and oxygen atoms in total. The van der Waals surface area contributed by atoms with Gasteiger partial charge in [-0.3, -0.25) is 4.90 Å². The first-order valence-corrected chi connectivity index (χ1v) is 8.95. The molecule has 1 fully saturated rings. The minimum Gasteiger partial charge on any atom is -0.393 e. The summed E-state index contributed by atoms with van der Waals surface area (Å²) in [5.74, 6) is 0. The minimum absolute atomic E-state index is 0.104. The van der Waals surface area contributed by atoms with Crippen LogP contribution >= 0.6 is 0 Å². The Bertz CT molecular complexity index is 648. The first kappa shape index (κ1) is 17.2. The van der Waals surface area contributed by atoms with E-state index in [9.17, 15) is 5.11 Å². The van der Waals surface area contributed by atoms with Crippen molar-refractivity contribution in [1.29, 1.82) is 0 Å². The third kappa shape index (κ3) is 4.67. The Kier molecular flexibility index (Phi) is 6.02. The van der Waals surface area contributed by atoms with Crippen LogP contribution in [0.2, 0.25) is 0 Å². The van der Waals surface area contributed by atoms with Gasteiger partial charge < -0.3 is 10.4 Å². The molecule has 128 valence electrons. The summed E-state index contributed by atoms with van der Waals surface area (Å²) in [5, 5.41) is 13.2. The van der Waals surface area contributed by atoms with Crippen molar-refractivity contribution in [2.24, 2.45) is 0 Å². The number of hydrogen-bond acceptors (Lipinski definition) is 3. The second kappa shape index (κ2) is 8.43. The predicted octanol–water partition coefficient (Wildman–Crippen LogP) is 3.24. The van der Waals surface area contributed by atoms with Crippen LogP contribution < -0.4 is 5.32 Å². The molecule has 2 N–H and O–H groups in total. The molecule has 0 aromatic heterocycles. The molecule has 1 saturated heterocycles. The number of hydrogen-bond donors (Lipinski definition) is 2. The third-order valence-electron chi connectivity index (χ3n) is 4.96. The molecule has 0 amide bonds. The molecule has 0 unspecified atom stereocenters. The molecular formula is C21H28N2O. The van der Waals surface area contributed by atoms with E-state index in [1.165, 1.54) is 22.3 Å². The van der Waals surface area contributed by atoms with Gasteiger partial charge in [-0.15, -0.1) is 0 Å². The molecule has 0 atom stereocenters. The van der Waals surface area contributed by atoms with E-state index in [0.29, 0.717) is 0 Å². The number of nitrogens with one attached hydrogen (secondary N) is 1. The lowest BCUT2D eigenvalue weighted by Gasteiger charge is -2.30. The number of aliphatic hydroxyl groups is 1. The quantitative estimate of drug-likeness (QED) is 0.856. The molecule has 0 spiro atoms. The summed E-state index contributed by atoms with van der Waals surface area (Å²) in [4.78, 5) is 2.45. The van der Waals surface area contributed by atoms with Crippen molar-refractivity contribution in [2.45, 2.75) is 45.5 Å². The molecule has 0 aliphatic carbocycles. The number of aliphatic hydroxyl groups excluding tert-OH is 1. The highest BCUT2D eigenvalue weighted by Gasteiger charge is 2.17. The first-order valence-electron chi connectivity index (χ1n) is 8.95. The number of likely N-dealkylation sites (tertiary alicyclic amines) is 1. The number of piperidine rings is 1. The second-order valence-corrected chi connectivity index (χ2v) is 6.81. The molecule has 1 aliphatic heterocycles. The smallest absolute Gasteiger partial charge is 0.0564 e. The summed E-state index contributed by atoms with van der Waals surface area (Å²) in [6.45, 7) is 6.92. The first-order chi connectivity index (χ1) is 11.7. The van der Waals surface area contributed by atoms with Crippen LogP contribution in [0.15, 0.2) is 48.5 Å². The number of rotatable bonds is 6. The Morgan fingerprint density at radius 1 is 0.917 bits per heavy atom. The van der Waals surface area contributed by atoms with Gasteiger partial charge in [-0.2, -0.15) is 0 Å². The molecule has 2 aromatic rings. The summed E-state index contributed by atoms with van der Waals surface area (Å²) in [7, 11) is 0. The summed E-state index contributed by atoms with van der Waals surface area (Å²) < 4.78 is 0. The van der Waals surface area contributed by atoms with Crippen molar-refractivity contribution < 1.29 is 5.11 Å². The zero-order valence-electron chi connectivity index (χ0n) is 14.5. The second-order valence-electron chi connectivity index (χ2n) is 6.81. The van der Waals surface area contributed by atoms with Crippen LogP contribution in [0.1, 0.15) is 35.1 Å². The minimum atomic E-state index is -0.104. The van der Waals surface area contributed by atoms with Crippen LogP contribution in [0.25, 0.3) is 0 Å². The van der Waals surface area contributed by atoms with E-state index in [0.717, 1.165) is 45.6 Å². The zero-order chi connectivity index (χ0) is 16.8. The lowest BCUT2D eigenvalue weighted by molar-refractivity contribution is 0.0791. The third-order valence-corrected chi connectivity index (χ3v) is 4.96. The maximum atomic E-state index is 9.66. The number of nitrogens with zero attached hydrogens (tertiary/aromatic N) is 1. The fraction of sp³-hybridized carbons (Fsp3) is 0.429. The van der Waals surface area contributed by atoms with Crippen molar-refractivity contribution in [3.63, 3.8) is 0 Å². The maximum absolute atomic E-state index is 9.66. The Labute approximate surface area is 145 Å². The van der Waals surface area contributed by atoms with Crippen LogP contribution in [-0.2, 0) is 19.6 Å². The van der Waals surface area contributed by atoms with Gasteiger partial charge >= 0.3 is 0 Å². The van der Waals surface area contributed by atoms with E-state index in [1.807, 2.05) is 0 Å². The van der Waals surface area contributed by atoms with Crippen LogP contribution in [0.3, 0.4) is 0 Å². The van der Waals surface area contributed by atoms with Crippen molar-refractivity contribution in [1.82, 2.24) is 10.2 Å². The van der Waals surface area contributed by atoms with E-state index in [2.05, 4.69) is 65.7 Å². The van der Waals surface area contributed by atoms with Gasteiger partial charge in [-0.05, 0) is 42.0 Å². The summed E-state index contributed by atoms with van der Waals surface area (Å²) in [5.41, 5.74) is 5.47. The average Bonchev–Trinajstić information content (AvgIpc) is 2.60. The van der Waals surface area contributed by atoms with Crippen LogP contribution in [0, 0.1) is 6.92 Å². The highest BCUT2D eigenvalue weighted by Crippen LogP contribution is 2.17. The van der Waals surface area contributed by atoms with Gasteiger partial charge in [0.2, 0.25) is 0 Å². The Morgan fingerprint density at radius 2 is 1.50 bits per heavy atom. The SMILES string of the molecule is Cc1ccccc1CNCc1ccccc1CN1CCC(O)CC1. The van der Waals surface area contributed by atoms with Gasteiger partial charge in [0.15, 0.2) is 0 Å². The molecule has 1 aliphatic rings. The molecule has 0 saturated carbocycles. The predicted molar refractivity (Wildman–Crippen MR) is 98.7 cm³/mol. The van der Waals surface area contributed by atoms with Gasteiger partial charge in [0, 0.05) is 32.7 Å². The molecule has 1 heterocycles. The van der Waals surface area contributed by atoms with Crippen molar-refractivity contribution in [3.05, 3.63) is 70.8 Å². The molecule has 3 heteroatoms. The maximum Gasteiger partial charge on any atom is 0.0564 e. The normalized spacial score (nSPS) is 16.4. The topological polar surface area (TPSA) is 35.5 Å². The van der Waals surface area contributed by atoms with E-state index < -0.39 is 0 Å². The molecule has 2 aromatic carbocycles. The van der Waals surface area contributed by atoms with Gasteiger partial charge in [-0.25, -0.2) is 0 Å². The highest BCUT2D eigenvalue weighted by molar-refractivity contribution is 5.28. The van der Waals surface area contributed by atoms with Crippen LogP contribution in [0.4, 0.5) is 0 Å². The highest BCUT2D eigenvalue weighted by atomic mass is 16.3. The summed E-state index contributed by atoms with van der Waals surface area (Å²) in [6, 6.07) is 17.2. The lowest BCUT2D eigenvalue weighted by Crippen LogP contribution is -2.35. The Balaban J connectivity index is 1.57. The summed E-state index contributed by atoms with van der Waals surface area (Å²) in [6.07, 6.45) is 1.69. The number of aryl methyl sites for hydroxylation is 1. The lowest BCUT2D eigenvalue weighted by atomic mass is 10.0. The fourth-order valence-corrected chi connectivity index (χ4v) is 3.34. The van der Waals surface area contributed by atoms with Crippen LogP contribution in [-0.4, -0.2) is 29.2 Å². The van der Waals surface area contributed by atoms with E-state index in [1.54, 1.807) is 0 Å². The molecule has 0 bridgehead atoms. The molecule has 3 rings (SSSR count). The van der Waals surface area contributed by atoms with Gasteiger partial charge in [0.1, 0.15) is 0 Å². The van der Waals surface area contributed by atoms with Crippen molar-refractivity contribution >= 4 is 0 Å². The van der Waals surface area contributed by atoms with Crippen molar-refractivity contribution in [2.75, 3.05) is 13.1 Å². The average molecular weight is 324 g/mol. The number of benzene rings is 2. The van der Waals surface area contributed by atoms with Crippen molar-refractivity contribution in [3.8, 4) is 0 Å².